The Morgan fingerprint density at radius 2 is 2.03 bits per heavy atom. The fraction of sp³-hybridized carbons (Fsp3) is 0.381. The first-order valence-corrected chi connectivity index (χ1v) is 11.3. The van der Waals surface area contributed by atoms with Crippen molar-refractivity contribution in [1.82, 2.24) is 24.6 Å². The third kappa shape index (κ3) is 5.10. The molecule has 1 aliphatic carbocycles. The molecule has 0 spiro atoms. The van der Waals surface area contributed by atoms with Crippen molar-refractivity contribution in [3.63, 3.8) is 0 Å². The van der Waals surface area contributed by atoms with Gasteiger partial charge in [0.1, 0.15) is 11.5 Å². The third-order valence-corrected chi connectivity index (χ3v) is 6.71. The van der Waals surface area contributed by atoms with Crippen LogP contribution in [0.5, 0.6) is 0 Å². The molecule has 0 aromatic carbocycles. The van der Waals surface area contributed by atoms with Gasteiger partial charge in [0, 0.05) is 30.5 Å². The number of nitrogens with zero attached hydrogens (tertiary/aromatic N) is 4. The minimum atomic E-state index is -3.50. The van der Waals surface area contributed by atoms with E-state index >= 15 is 0 Å². The first-order valence-electron chi connectivity index (χ1n) is 9.74. The van der Waals surface area contributed by atoms with E-state index in [4.69, 9.17) is 10.7 Å². The summed E-state index contributed by atoms with van der Waals surface area (Å²) in [4.78, 5) is 15.2. The number of rotatable bonds is 7. The fourth-order valence-corrected chi connectivity index (χ4v) is 4.53. The van der Waals surface area contributed by atoms with Crippen molar-refractivity contribution in [2.75, 3.05) is 32.9 Å². The summed E-state index contributed by atoms with van der Waals surface area (Å²) in [6.07, 6.45) is 7.20. The minimum absolute atomic E-state index is 0.323. The maximum Gasteiger partial charge on any atom is 0.218 e. The Balaban J connectivity index is 1.88. The largest absolute Gasteiger partial charge is 0.382 e. The van der Waals surface area contributed by atoms with Gasteiger partial charge in [-0.2, -0.15) is 0 Å². The van der Waals surface area contributed by atoms with E-state index in [2.05, 4.69) is 14.7 Å². The molecule has 2 aromatic heterocycles. The van der Waals surface area contributed by atoms with E-state index in [0.29, 0.717) is 36.7 Å². The molecule has 0 aliphatic heterocycles. The number of sulfonamides is 1. The molecule has 9 heteroatoms. The Kier molecular flexibility index (Phi) is 6.64. The average Bonchev–Trinajstić information content (AvgIpc) is 2.68. The number of nitrogen functional groups attached to an aromatic ring is 1. The Bertz CT molecular complexity index is 1090. The summed E-state index contributed by atoms with van der Waals surface area (Å²) in [5.74, 6) is 0.323. The Labute approximate surface area is 178 Å². The van der Waals surface area contributed by atoms with Gasteiger partial charge in [0.05, 0.1) is 17.1 Å². The molecule has 0 radical (unpaired) electrons. The average molecular weight is 429 g/mol. The number of nitrogens with one attached hydrogen (secondary N) is 1. The van der Waals surface area contributed by atoms with Crippen LogP contribution in [0.4, 0.5) is 5.82 Å². The highest BCUT2D eigenvalue weighted by atomic mass is 32.2. The predicted octanol–water partition coefficient (Wildman–Crippen LogP) is 2.01. The monoisotopic (exact) mass is 428 g/mol. The zero-order valence-corrected chi connectivity index (χ0v) is 18.6. The van der Waals surface area contributed by atoms with Crippen molar-refractivity contribution in [3.05, 3.63) is 53.6 Å². The topological polar surface area (TPSA) is 114 Å². The second-order valence-electron chi connectivity index (χ2n) is 7.68. The second kappa shape index (κ2) is 9.03. The lowest BCUT2D eigenvalue weighted by atomic mass is 9.95. The maximum absolute atomic E-state index is 12.8. The Hall–Kier alpha value is -2.62. The lowest BCUT2D eigenvalue weighted by molar-refractivity contribution is 0.412. The maximum atomic E-state index is 12.8. The third-order valence-electron chi connectivity index (χ3n) is 4.98. The zero-order valence-electron chi connectivity index (χ0n) is 17.8. The molecule has 2 heterocycles. The Morgan fingerprint density at radius 1 is 1.27 bits per heavy atom. The van der Waals surface area contributed by atoms with Crippen LogP contribution in [0.25, 0.3) is 16.8 Å². The normalized spacial score (nSPS) is 17.0. The first-order chi connectivity index (χ1) is 14.2. The van der Waals surface area contributed by atoms with Crippen LogP contribution in [-0.2, 0) is 10.0 Å². The molecule has 0 saturated heterocycles. The van der Waals surface area contributed by atoms with Crippen LogP contribution in [0, 0.1) is 6.92 Å². The molecule has 1 atom stereocenters. The number of aryl methyl sites for hydroxylation is 1. The van der Waals surface area contributed by atoms with Gasteiger partial charge in [-0.05, 0) is 57.6 Å². The standard InChI is InChI=1S/C21H28N6O2S/c1-14-5-6-17(30(28,29)25-9-10-27(3)4)12-18(14)19-13-24-21(22)20(26-19)16-7-8-23-15(2)11-16/h5-8,11,13,17,25H,9-10,12H2,1-4H3,(H2,22,24). The Morgan fingerprint density at radius 3 is 2.73 bits per heavy atom. The highest BCUT2D eigenvalue weighted by Crippen LogP contribution is 2.32. The van der Waals surface area contributed by atoms with Crippen molar-refractivity contribution in [2.45, 2.75) is 25.5 Å². The summed E-state index contributed by atoms with van der Waals surface area (Å²) < 4.78 is 28.2. The molecule has 0 bridgehead atoms. The highest BCUT2D eigenvalue weighted by Gasteiger charge is 2.28. The van der Waals surface area contributed by atoms with Gasteiger partial charge in [-0.15, -0.1) is 0 Å². The molecule has 160 valence electrons. The summed E-state index contributed by atoms with van der Waals surface area (Å²) in [5, 5.41) is -0.663. The molecule has 0 saturated carbocycles. The van der Waals surface area contributed by atoms with Crippen molar-refractivity contribution in [3.8, 4) is 11.3 Å². The lowest BCUT2D eigenvalue weighted by Gasteiger charge is -2.22. The summed E-state index contributed by atoms with van der Waals surface area (Å²) in [6, 6.07) is 3.73. The molecular formula is C21H28N6O2S. The zero-order chi connectivity index (χ0) is 21.9. The lowest BCUT2D eigenvalue weighted by Crippen LogP contribution is -2.38. The summed E-state index contributed by atoms with van der Waals surface area (Å²) >= 11 is 0. The molecule has 0 fully saturated rings. The van der Waals surface area contributed by atoms with Gasteiger partial charge in [-0.1, -0.05) is 12.2 Å². The molecule has 8 nitrogen and oxygen atoms in total. The molecule has 3 rings (SSSR count). The molecule has 1 aliphatic rings. The quantitative estimate of drug-likeness (QED) is 0.693. The van der Waals surface area contributed by atoms with Gasteiger partial charge < -0.3 is 10.6 Å². The molecule has 1 unspecified atom stereocenters. The van der Waals surface area contributed by atoms with E-state index in [-0.39, 0.29) is 0 Å². The number of anilines is 1. The number of aromatic nitrogens is 3. The molecular weight excluding hydrogens is 400 g/mol. The number of likely N-dealkylation sites (N-methyl/N-ethyl adjacent to an activating group) is 1. The van der Waals surface area contributed by atoms with Gasteiger partial charge in [0.25, 0.3) is 0 Å². The van der Waals surface area contributed by atoms with E-state index in [1.807, 2.05) is 51.1 Å². The smallest absolute Gasteiger partial charge is 0.218 e. The first kappa shape index (κ1) is 22.1. The van der Waals surface area contributed by atoms with Crippen LogP contribution < -0.4 is 10.5 Å². The number of nitrogens with two attached hydrogens (primary N) is 1. The van der Waals surface area contributed by atoms with E-state index in [1.54, 1.807) is 18.5 Å². The summed E-state index contributed by atoms with van der Waals surface area (Å²) in [5.41, 5.74) is 10.8. The number of allylic oxidation sites excluding steroid dienone is 3. The van der Waals surface area contributed by atoms with Crippen molar-refractivity contribution < 1.29 is 8.42 Å². The van der Waals surface area contributed by atoms with Crippen LogP contribution in [-0.4, -0.2) is 60.7 Å². The van der Waals surface area contributed by atoms with Gasteiger partial charge in [-0.3, -0.25) is 4.98 Å². The van der Waals surface area contributed by atoms with Gasteiger partial charge in [0.2, 0.25) is 10.0 Å². The van der Waals surface area contributed by atoms with E-state index in [9.17, 15) is 8.42 Å². The minimum Gasteiger partial charge on any atom is -0.382 e. The van der Waals surface area contributed by atoms with Gasteiger partial charge in [-0.25, -0.2) is 23.1 Å². The fourth-order valence-electron chi connectivity index (χ4n) is 3.27. The van der Waals surface area contributed by atoms with Gasteiger partial charge in [0.15, 0.2) is 0 Å². The van der Waals surface area contributed by atoms with E-state index in [0.717, 1.165) is 22.4 Å². The molecule has 3 N–H and O–H groups in total. The molecule has 30 heavy (non-hydrogen) atoms. The molecule has 2 aromatic rings. The highest BCUT2D eigenvalue weighted by molar-refractivity contribution is 7.90. The van der Waals surface area contributed by atoms with E-state index < -0.39 is 15.3 Å². The summed E-state index contributed by atoms with van der Waals surface area (Å²) in [6.45, 7) is 4.84. The number of hydrogen-bond acceptors (Lipinski definition) is 7. The van der Waals surface area contributed by atoms with Crippen molar-refractivity contribution in [2.24, 2.45) is 0 Å². The molecule has 0 amide bonds. The SMILES string of the molecule is CC1=C(c2cnc(N)c(-c3ccnc(C)c3)n2)CC(S(=O)(=O)NCCN(C)C)C=C1. The summed E-state index contributed by atoms with van der Waals surface area (Å²) in [7, 11) is 0.309. The van der Waals surface area contributed by atoms with Crippen LogP contribution in [0.1, 0.15) is 24.7 Å². The number of hydrogen-bond donors (Lipinski definition) is 2. The predicted molar refractivity (Wildman–Crippen MR) is 120 cm³/mol. The van der Waals surface area contributed by atoms with Crippen molar-refractivity contribution >= 4 is 21.4 Å². The van der Waals surface area contributed by atoms with Crippen LogP contribution >= 0.6 is 0 Å². The van der Waals surface area contributed by atoms with Gasteiger partial charge >= 0.3 is 0 Å². The van der Waals surface area contributed by atoms with Crippen LogP contribution in [0.2, 0.25) is 0 Å². The van der Waals surface area contributed by atoms with Crippen LogP contribution in [0.15, 0.2) is 42.3 Å². The van der Waals surface area contributed by atoms with E-state index in [1.165, 1.54) is 0 Å². The second-order valence-corrected chi connectivity index (χ2v) is 9.67. The van der Waals surface area contributed by atoms with Crippen molar-refractivity contribution in [1.29, 1.82) is 0 Å². The number of pyridine rings is 1. The van der Waals surface area contributed by atoms with Crippen LogP contribution in [0.3, 0.4) is 0 Å².